The molecule has 0 spiro atoms. The molecule has 1 rings (SSSR count). The summed E-state index contributed by atoms with van der Waals surface area (Å²) in [4.78, 5) is 0. The Morgan fingerprint density at radius 1 is 1.17 bits per heavy atom. The van der Waals surface area contributed by atoms with E-state index in [1.807, 2.05) is 24.3 Å². The average molecular weight is 202 g/mol. The van der Waals surface area contributed by atoms with Gasteiger partial charge in [-0.3, -0.25) is 0 Å². The summed E-state index contributed by atoms with van der Waals surface area (Å²) in [6.45, 7) is 0. The van der Waals surface area contributed by atoms with Crippen LogP contribution in [-0.4, -0.2) is 18.8 Å². The van der Waals surface area contributed by atoms with Gasteiger partial charge in [0.05, 0.1) is 0 Å². The molecule has 1 aromatic carbocycles. The predicted molar refractivity (Wildman–Crippen MR) is 44.1 cm³/mol. The second-order valence-corrected chi connectivity index (χ2v) is 2.80. The Bertz CT molecular complexity index is 266. The third-order valence-electron chi connectivity index (χ3n) is 1.51. The van der Waals surface area contributed by atoms with E-state index in [-0.39, 0.29) is 0 Å². The summed E-state index contributed by atoms with van der Waals surface area (Å²) in [5.74, 6) is 0.850. The van der Waals surface area contributed by atoms with Crippen LogP contribution in [0.25, 0.3) is 0 Å². The Morgan fingerprint density at radius 2 is 1.75 bits per heavy atom. The fraction of sp³-hybridized carbons (Fsp3) is 0.222. The molecule has 12 heavy (non-hydrogen) atoms. The molecule has 0 aliphatic heterocycles. The van der Waals surface area contributed by atoms with Gasteiger partial charge in [0.2, 0.25) is 0 Å². The van der Waals surface area contributed by atoms with Crippen LogP contribution in [0.2, 0.25) is 0 Å². The van der Waals surface area contributed by atoms with Crippen molar-refractivity contribution >= 4 is 4.57 Å². The van der Waals surface area contributed by atoms with Gasteiger partial charge in [-0.25, -0.2) is 0 Å². The van der Waals surface area contributed by atoms with Crippen molar-refractivity contribution in [1.82, 2.24) is 0 Å². The van der Waals surface area contributed by atoms with Gasteiger partial charge in [-0.1, -0.05) is 0 Å². The van der Waals surface area contributed by atoms with E-state index in [4.69, 9.17) is 9.47 Å². The number of benzene rings is 1. The van der Waals surface area contributed by atoms with E-state index in [2.05, 4.69) is 15.9 Å². The van der Waals surface area contributed by atoms with Crippen molar-refractivity contribution < 1.29 is 25.3 Å². The SMILES string of the molecule is CO[C](=[Cr])c1ccc(OC)cc1. The first kappa shape index (κ1) is 9.47. The molecule has 0 N–H and O–H groups in total. The van der Waals surface area contributed by atoms with Crippen LogP contribution in [0.4, 0.5) is 0 Å². The second-order valence-electron chi connectivity index (χ2n) is 2.22. The Kier molecular flexibility index (Phi) is 3.49. The predicted octanol–water partition coefficient (Wildman–Crippen LogP) is 1.37. The van der Waals surface area contributed by atoms with Gasteiger partial charge < -0.3 is 0 Å². The summed E-state index contributed by atoms with van der Waals surface area (Å²) in [5.41, 5.74) is 1.03. The minimum atomic E-state index is 0.789. The zero-order valence-electron chi connectivity index (χ0n) is 7.03. The van der Waals surface area contributed by atoms with Crippen LogP contribution < -0.4 is 4.74 Å². The number of rotatable bonds is 3. The van der Waals surface area contributed by atoms with Crippen molar-refractivity contribution in [3.8, 4) is 5.75 Å². The third-order valence-corrected chi connectivity index (χ3v) is 2.14. The summed E-state index contributed by atoms with van der Waals surface area (Å²) >= 11 is 2.83. The number of ether oxygens (including phenoxy) is 2. The maximum atomic E-state index is 5.03. The van der Waals surface area contributed by atoms with E-state index in [0.29, 0.717) is 0 Å². The Morgan fingerprint density at radius 3 is 2.17 bits per heavy atom. The van der Waals surface area contributed by atoms with Crippen LogP contribution in [0.1, 0.15) is 5.56 Å². The number of hydrogen-bond donors (Lipinski definition) is 0. The molecular weight excluding hydrogens is 192 g/mol. The first-order valence-corrected chi connectivity index (χ1v) is 4.14. The van der Waals surface area contributed by atoms with E-state index < -0.39 is 0 Å². The average Bonchev–Trinajstić information content (AvgIpc) is 2.17. The van der Waals surface area contributed by atoms with Crippen molar-refractivity contribution in [3.63, 3.8) is 0 Å². The topological polar surface area (TPSA) is 18.5 Å². The molecule has 0 unspecified atom stereocenters. The maximum absolute atomic E-state index is 5.03. The minimum absolute atomic E-state index is 0.789. The Balaban J connectivity index is 2.84. The standard InChI is InChI=1S/C9H10O2.Cr/c1-10-7-8-3-5-9(11-2)6-4-8;/h3-6H,1-2H3;. The molecule has 0 amide bonds. The van der Waals surface area contributed by atoms with Crippen molar-refractivity contribution in [2.45, 2.75) is 0 Å². The van der Waals surface area contributed by atoms with Gasteiger partial charge in [0, 0.05) is 0 Å². The molecule has 0 fully saturated rings. The van der Waals surface area contributed by atoms with Crippen LogP contribution >= 0.6 is 0 Å². The van der Waals surface area contributed by atoms with E-state index in [9.17, 15) is 0 Å². The molecule has 0 aromatic heterocycles. The van der Waals surface area contributed by atoms with E-state index in [0.717, 1.165) is 15.9 Å². The Labute approximate surface area is 80.1 Å². The van der Waals surface area contributed by atoms with E-state index in [1.165, 1.54) is 0 Å². The van der Waals surface area contributed by atoms with Crippen LogP contribution in [0.3, 0.4) is 0 Å². The van der Waals surface area contributed by atoms with Crippen LogP contribution in [0.15, 0.2) is 24.3 Å². The van der Waals surface area contributed by atoms with Gasteiger partial charge in [-0.2, -0.15) is 0 Å². The summed E-state index contributed by atoms with van der Waals surface area (Å²) in [7, 11) is 3.28. The van der Waals surface area contributed by atoms with Gasteiger partial charge in [-0.15, -0.1) is 0 Å². The third kappa shape index (κ3) is 2.18. The van der Waals surface area contributed by atoms with Crippen LogP contribution in [-0.2, 0) is 20.6 Å². The van der Waals surface area contributed by atoms with Gasteiger partial charge >= 0.3 is 79.7 Å². The fourth-order valence-electron chi connectivity index (χ4n) is 0.845. The number of methoxy groups -OCH3 is 2. The molecule has 0 aliphatic carbocycles. The van der Waals surface area contributed by atoms with Gasteiger partial charge in [-0.05, 0) is 0 Å². The first-order chi connectivity index (χ1) is 5.77. The van der Waals surface area contributed by atoms with Crippen molar-refractivity contribution in [1.29, 1.82) is 0 Å². The van der Waals surface area contributed by atoms with Crippen LogP contribution in [0, 0.1) is 0 Å². The molecule has 0 saturated carbocycles. The zero-order valence-corrected chi connectivity index (χ0v) is 8.31. The molecule has 0 bridgehead atoms. The first-order valence-electron chi connectivity index (χ1n) is 3.50. The summed E-state index contributed by atoms with van der Waals surface area (Å²) in [6, 6.07) is 7.67. The molecule has 0 aliphatic rings. The summed E-state index contributed by atoms with van der Waals surface area (Å²) in [6.07, 6.45) is 0. The zero-order chi connectivity index (χ0) is 8.97. The van der Waals surface area contributed by atoms with Crippen molar-refractivity contribution in [2.24, 2.45) is 0 Å². The quantitative estimate of drug-likeness (QED) is 0.736. The summed E-state index contributed by atoms with van der Waals surface area (Å²) < 4.78 is 10.8. The van der Waals surface area contributed by atoms with Crippen LogP contribution in [0.5, 0.6) is 5.75 Å². The molecule has 3 heteroatoms. The second kappa shape index (κ2) is 4.42. The molecule has 0 radical (unpaired) electrons. The van der Waals surface area contributed by atoms with E-state index >= 15 is 0 Å². The molecule has 0 saturated heterocycles. The monoisotopic (exact) mass is 202 g/mol. The molecule has 0 atom stereocenters. The Hall–Kier alpha value is -0.618. The van der Waals surface area contributed by atoms with Crippen molar-refractivity contribution in [2.75, 3.05) is 14.2 Å². The summed E-state index contributed by atoms with van der Waals surface area (Å²) in [5, 5.41) is 0. The van der Waals surface area contributed by atoms with Gasteiger partial charge in [0.15, 0.2) is 0 Å². The normalized spacial score (nSPS) is 9.50. The van der Waals surface area contributed by atoms with Gasteiger partial charge in [0.1, 0.15) is 0 Å². The fourth-order valence-corrected chi connectivity index (χ4v) is 1.06. The molecular formula is C9H10CrO2. The molecule has 1 aromatic rings. The molecule has 64 valence electrons. The van der Waals surface area contributed by atoms with E-state index in [1.54, 1.807) is 14.2 Å². The molecule has 0 heterocycles. The number of hydrogen-bond acceptors (Lipinski definition) is 2. The van der Waals surface area contributed by atoms with Crippen molar-refractivity contribution in [3.05, 3.63) is 29.8 Å². The molecule has 2 nitrogen and oxygen atoms in total. The van der Waals surface area contributed by atoms with Gasteiger partial charge in [0.25, 0.3) is 0 Å².